The van der Waals surface area contributed by atoms with Gasteiger partial charge in [-0.15, -0.1) is 25.6 Å². The molecule has 340 valence electrons. The van der Waals surface area contributed by atoms with Crippen molar-refractivity contribution in [3.05, 3.63) is 91.0 Å². The summed E-state index contributed by atoms with van der Waals surface area (Å²) in [6, 6.07) is 23.3. The summed E-state index contributed by atoms with van der Waals surface area (Å²) in [5.74, 6) is 0.242. The number of benzene rings is 6. The lowest BCUT2D eigenvalue weighted by atomic mass is 10.0. The lowest BCUT2D eigenvalue weighted by Crippen LogP contribution is -2.03. The van der Waals surface area contributed by atoms with Gasteiger partial charge in [0.1, 0.15) is 55.5 Å². The first-order chi connectivity index (χ1) is 31.0. The molecule has 0 aliphatic rings. The van der Waals surface area contributed by atoms with E-state index in [0.717, 1.165) is 25.0 Å². The number of phenols is 1. The summed E-state index contributed by atoms with van der Waals surface area (Å²) in [6.45, 7) is 7.05. The molecule has 21 heteroatoms. The normalized spacial score (nSPS) is 12.2. The van der Waals surface area contributed by atoms with E-state index >= 15 is 0 Å². The Morgan fingerprint density at radius 3 is 1.62 bits per heavy atom. The number of unbranched alkanes of at least 4 members (excludes halogenated alkanes) is 1. The second kappa shape index (κ2) is 20.5. The number of fused-ring (bicyclic) bond motifs is 1. The van der Waals surface area contributed by atoms with E-state index in [-0.39, 0.29) is 34.5 Å². The average Bonchev–Trinajstić information content (AvgIpc) is 3.27. The molecule has 0 amide bonds. The van der Waals surface area contributed by atoms with E-state index in [9.17, 15) is 31.0 Å². The number of phenolic OH excluding ortho intramolecular Hbond substituents is 1. The Morgan fingerprint density at radius 1 is 0.538 bits per heavy atom. The molecule has 0 aliphatic heterocycles. The van der Waals surface area contributed by atoms with Gasteiger partial charge in [-0.3, -0.25) is 9.11 Å². The van der Waals surface area contributed by atoms with Crippen molar-refractivity contribution in [1.29, 1.82) is 0 Å². The van der Waals surface area contributed by atoms with Crippen LogP contribution in [0.15, 0.2) is 131 Å². The number of ether oxygens (including phenoxy) is 3. The Kier molecular flexibility index (Phi) is 14.9. The van der Waals surface area contributed by atoms with Gasteiger partial charge in [-0.25, -0.2) is 0 Å². The van der Waals surface area contributed by atoms with Crippen molar-refractivity contribution >= 4 is 82.2 Å². The third-order valence-electron chi connectivity index (χ3n) is 9.51. The summed E-state index contributed by atoms with van der Waals surface area (Å²) in [6.07, 6.45) is 3.13. The average molecular weight is 926 g/mol. The van der Waals surface area contributed by atoms with E-state index < -0.39 is 52.8 Å². The predicted octanol–water partition coefficient (Wildman–Crippen LogP) is 11.5. The molecule has 0 atom stereocenters. The Labute approximate surface area is 375 Å². The SMILES string of the molecule is CCCCOc1cc(N=Nc2ccc(-c3ccc(N=Nc4c(S(=O)(=O)O)cc5cc(S(=O)(=O)O)c(N=Nc6ccccc6)c(O)c5c4N)c(OCCC)c3)cc2OCCC)c(N)cc1N. The van der Waals surface area contributed by atoms with Crippen molar-refractivity contribution in [2.24, 2.45) is 30.7 Å². The standard InChI is InChI=1S/C44H47N9O10S2/c1-4-7-19-63-35-25-34(30(45)24-31(35)46)51-49-32-15-13-26(20-36(32)61-17-5-2)27-14-16-33(37(21-27)62-18-6-3)50-52-42-38(64(55,56)57)22-28-23-39(65(58,59)60)43(44(54)40(28)41(42)47)53-48-29-11-9-8-10-12-29/h8-16,20-25,54H,4-7,17-19,45-47H2,1-3H3,(H,55,56,57)(H,58,59,60). The minimum absolute atomic E-state index is 0.123. The minimum Gasteiger partial charge on any atom is -0.505 e. The molecule has 0 aromatic heterocycles. The van der Waals surface area contributed by atoms with Gasteiger partial charge in [0.2, 0.25) is 0 Å². The molecule has 0 unspecified atom stereocenters. The third-order valence-corrected chi connectivity index (χ3v) is 11.2. The fraction of sp³-hybridized carbons (Fsp3) is 0.227. The number of anilines is 3. The van der Waals surface area contributed by atoms with Gasteiger partial charge in [-0.05, 0) is 90.4 Å². The largest absolute Gasteiger partial charge is 0.505 e. The van der Waals surface area contributed by atoms with Crippen LogP contribution in [0.2, 0.25) is 0 Å². The number of azo groups is 3. The molecule has 6 aromatic carbocycles. The van der Waals surface area contributed by atoms with Crippen LogP contribution in [-0.2, 0) is 20.2 Å². The molecule has 0 fully saturated rings. The van der Waals surface area contributed by atoms with Crippen molar-refractivity contribution in [1.82, 2.24) is 0 Å². The van der Waals surface area contributed by atoms with Crippen molar-refractivity contribution in [2.75, 3.05) is 37.0 Å². The summed E-state index contributed by atoms with van der Waals surface area (Å²) in [7, 11) is -10.2. The van der Waals surface area contributed by atoms with Gasteiger partial charge >= 0.3 is 0 Å². The number of hydrogen-bond donors (Lipinski definition) is 6. The third kappa shape index (κ3) is 11.3. The highest BCUT2D eigenvalue weighted by Crippen LogP contribution is 2.49. The van der Waals surface area contributed by atoms with Crippen LogP contribution >= 0.6 is 0 Å². The smallest absolute Gasteiger partial charge is 0.296 e. The van der Waals surface area contributed by atoms with E-state index in [0.29, 0.717) is 71.4 Å². The Balaban J connectivity index is 1.41. The van der Waals surface area contributed by atoms with E-state index in [4.69, 9.17) is 31.4 Å². The molecule has 0 saturated heterocycles. The van der Waals surface area contributed by atoms with Gasteiger partial charge in [0.15, 0.2) is 5.75 Å². The quantitative estimate of drug-likeness (QED) is 0.0191. The van der Waals surface area contributed by atoms with Gasteiger partial charge in [-0.2, -0.15) is 21.9 Å². The molecular formula is C44H47N9O10S2. The zero-order valence-electron chi connectivity index (χ0n) is 35.5. The second-order valence-corrected chi connectivity index (χ2v) is 17.2. The van der Waals surface area contributed by atoms with Gasteiger partial charge in [0.25, 0.3) is 20.2 Å². The Bertz CT molecular complexity index is 3040. The number of aromatic hydroxyl groups is 1. The maximum absolute atomic E-state index is 12.8. The molecule has 19 nitrogen and oxygen atoms in total. The van der Waals surface area contributed by atoms with Crippen molar-refractivity contribution in [3.63, 3.8) is 0 Å². The molecule has 0 heterocycles. The topological polar surface area (TPSA) is 309 Å². The molecular weight excluding hydrogens is 879 g/mol. The fourth-order valence-corrected chi connectivity index (χ4v) is 7.60. The first-order valence-corrected chi connectivity index (χ1v) is 23.1. The van der Waals surface area contributed by atoms with Crippen LogP contribution in [0.3, 0.4) is 0 Å². The Hall–Kier alpha value is -7.20. The van der Waals surface area contributed by atoms with Crippen molar-refractivity contribution in [2.45, 2.75) is 56.2 Å². The number of nitrogen functional groups attached to an aromatic ring is 3. The molecule has 0 saturated carbocycles. The number of rotatable bonds is 19. The monoisotopic (exact) mass is 925 g/mol. The summed E-state index contributed by atoms with van der Waals surface area (Å²) in [4.78, 5) is -1.79. The van der Waals surface area contributed by atoms with Crippen molar-refractivity contribution < 1.29 is 45.3 Å². The molecule has 65 heavy (non-hydrogen) atoms. The molecule has 9 N–H and O–H groups in total. The molecule has 0 radical (unpaired) electrons. The molecule has 0 bridgehead atoms. The van der Waals surface area contributed by atoms with Gasteiger partial charge in [0, 0.05) is 6.07 Å². The van der Waals surface area contributed by atoms with E-state index in [1.54, 1.807) is 78.9 Å². The highest BCUT2D eigenvalue weighted by atomic mass is 32.2. The molecule has 6 aromatic rings. The van der Waals surface area contributed by atoms with Gasteiger partial charge in [0.05, 0.1) is 48.0 Å². The highest BCUT2D eigenvalue weighted by molar-refractivity contribution is 7.86. The van der Waals surface area contributed by atoms with Crippen LogP contribution in [0.4, 0.5) is 51.2 Å². The zero-order valence-corrected chi connectivity index (χ0v) is 37.2. The van der Waals surface area contributed by atoms with Crippen LogP contribution in [-0.4, -0.2) is 50.9 Å². The fourth-order valence-electron chi connectivity index (χ4n) is 6.27. The van der Waals surface area contributed by atoms with Crippen LogP contribution in [0.5, 0.6) is 23.0 Å². The van der Waals surface area contributed by atoms with Crippen LogP contribution < -0.4 is 31.4 Å². The lowest BCUT2D eigenvalue weighted by molar-refractivity contribution is 0.311. The van der Waals surface area contributed by atoms with Crippen LogP contribution in [0.25, 0.3) is 21.9 Å². The molecule has 0 spiro atoms. The second-order valence-electron chi connectivity index (χ2n) is 14.4. The van der Waals surface area contributed by atoms with E-state index in [1.165, 1.54) is 0 Å². The van der Waals surface area contributed by atoms with Crippen molar-refractivity contribution in [3.8, 4) is 34.1 Å². The lowest BCUT2D eigenvalue weighted by Gasteiger charge is -2.14. The summed E-state index contributed by atoms with van der Waals surface area (Å²) < 4.78 is 88.7. The van der Waals surface area contributed by atoms with Crippen LogP contribution in [0, 0.1) is 0 Å². The number of nitrogens with two attached hydrogens (primary N) is 3. The number of nitrogens with zero attached hydrogens (tertiary/aromatic N) is 6. The first-order valence-electron chi connectivity index (χ1n) is 20.3. The molecule has 6 rings (SSSR count). The summed E-state index contributed by atoms with van der Waals surface area (Å²) in [5, 5.41) is 35.9. The van der Waals surface area contributed by atoms with Gasteiger partial charge < -0.3 is 36.5 Å². The predicted molar refractivity (Wildman–Crippen MR) is 248 cm³/mol. The highest BCUT2D eigenvalue weighted by Gasteiger charge is 2.28. The number of hydrogen-bond acceptors (Lipinski definition) is 17. The summed E-state index contributed by atoms with van der Waals surface area (Å²) in [5.41, 5.74) is 20.2. The van der Waals surface area contributed by atoms with E-state index in [1.807, 2.05) is 13.8 Å². The first kappa shape index (κ1) is 47.3. The van der Waals surface area contributed by atoms with E-state index in [2.05, 4.69) is 37.6 Å². The summed E-state index contributed by atoms with van der Waals surface area (Å²) >= 11 is 0. The maximum Gasteiger partial charge on any atom is 0.296 e. The minimum atomic E-state index is -5.13. The maximum atomic E-state index is 12.8. The van der Waals surface area contributed by atoms with Gasteiger partial charge in [-0.1, -0.05) is 57.5 Å². The van der Waals surface area contributed by atoms with Crippen LogP contribution in [0.1, 0.15) is 46.5 Å². The zero-order chi connectivity index (χ0) is 46.9. The Morgan fingerprint density at radius 2 is 1.06 bits per heavy atom. The molecule has 0 aliphatic carbocycles.